The van der Waals surface area contributed by atoms with Crippen LogP contribution >= 0.6 is 0 Å². The second-order valence-electron chi connectivity index (χ2n) is 8.25. The van der Waals surface area contributed by atoms with Crippen molar-refractivity contribution in [2.24, 2.45) is 0 Å². The van der Waals surface area contributed by atoms with E-state index in [2.05, 4.69) is 78.8 Å². The molecule has 1 fully saturated rings. The van der Waals surface area contributed by atoms with Gasteiger partial charge < -0.3 is 4.57 Å². The number of para-hydroxylation sites is 1. The van der Waals surface area contributed by atoms with Crippen molar-refractivity contribution in [1.29, 1.82) is 0 Å². The highest BCUT2D eigenvalue weighted by atomic mass is 15.2. The number of aryl methyl sites for hydroxylation is 1. The fraction of sp³-hybridized carbons (Fsp3) is 0.480. The third-order valence-corrected chi connectivity index (χ3v) is 6.50. The van der Waals surface area contributed by atoms with Crippen molar-refractivity contribution < 1.29 is 0 Å². The van der Waals surface area contributed by atoms with E-state index < -0.39 is 0 Å². The average molecular weight is 376 g/mol. The monoisotopic (exact) mass is 375 g/mol. The molecule has 3 aromatic rings. The van der Waals surface area contributed by atoms with E-state index in [1.54, 1.807) is 0 Å². The Kier molecular flexibility index (Phi) is 5.82. The molecule has 1 aliphatic heterocycles. The van der Waals surface area contributed by atoms with Crippen molar-refractivity contribution in [3.05, 3.63) is 65.5 Å². The molecule has 3 nitrogen and oxygen atoms in total. The van der Waals surface area contributed by atoms with Gasteiger partial charge in [0.25, 0.3) is 0 Å². The van der Waals surface area contributed by atoms with E-state index in [9.17, 15) is 0 Å². The second kappa shape index (κ2) is 8.48. The molecule has 2 heterocycles. The third kappa shape index (κ3) is 3.73. The van der Waals surface area contributed by atoms with Gasteiger partial charge in [0.2, 0.25) is 0 Å². The highest BCUT2D eigenvalue weighted by Crippen LogP contribution is 2.31. The molecule has 1 saturated heterocycles. The van der Waals surface area contributed by atoms with Crippen molar-refractivity contribution >= 4 is 11.0 Å². The van der Waals surface area contributed by atoms with Gasteiger partial charge in [0, 0.05) is 6.04 Å². The number of nitrogens with zero attached hydrogens (tertiary/aromatic N) is 3. The fourth-order valence-electron chi connectivity index (χ4n) is 4.67. The lowest BCUT2D eigenvalue weighted by Gasteiger charge is -2.32. The molecule has 4 rings (SSSR count). The maximum atomic E-state index is 5.08. The van der Waals surface area contributed by atoms with Gasteiger partial charge in [0.15, 0.2) is 0 Å². The zero-order chi connectivity index (χ0) is 19.5. The molecule has 1 atom stereocenters. The van der Waals surface area contributed by atoms with Crippen molar-refractivity contribution in [3.63, 3.8) is 0 Å². The first-order valence-corrected chi connectivity index (χ1v) is 11.0. The number of imidazole rings is 1. The quantitative estimate of drug-likeness (QED) is 0.531. The molecule has 0 bridgehead atoms. The number of hydrogen-bond acceptors (Lipinski definition) is 2. The number of piperidine rings is 1. The molecule has 0 N–H and O–H groups in total. The first kappa shape index (κ1) is 19.2. The van der Waals surface area contributed by atoms with E-state index >= 15 is 0 Å². The summed E-state index contributed by atoms with van der Waals surface area (Å²) in [6.07, 6.45) is 4.68. The summed E-state index contributed by atoms with van der Waals surface area (Å²) in [5, 5.41) is 0. The zero-order valence-corrected chi connectivity index (χ0v) is 17.6. The minimum atomic E-state index is 0.481. The summed E-state index contributed by atoms with van der Waals surface area (Å²) < 4.78 is 2.53. The molecule has 1 aromatic heterocycles. The van der Waals surface area contributed by atoms with Crippen LogP contribution in [0, 0.1) is 0 Å². The maximum Gasteiger partial charge on any atom is 0.124 e. The molecule has 148 valence electrons. The lowest BCUT2D eigenvalue weighted by atomic mass is 9.89. The van der Waals surface area contributed by atoms with Crippen LogP contribution in [-0.4, -0.2) is 27.5 Å². The lowest BCUT2D eigenvalue weighted by Crippen LogP contribution is -2.33. The van der Waals surface area contributed by atoms with Crippen molar-refractivity contribution in [1.82, 2.24) is 14.5 Å². The van der Waals surface area contributed by atoms with Crippen LogP contribution in [0.2, 0.25) is 0 Å². The molecule has 0 aliphatic carbocycles. The number of aromatic nitrogens is 2. The molecule has 0 amide bonds. The molecule has 2 aromatic carbocycles. The normalized spacial score (nSPS) is 17.2. The topological polar surface area (TPSA) is 21.1 Å². The number of hydrogen-bond donors (Lipinski definition) is 0. The van der Waals surface area contributed by atoms with Crippen LogP contribution in [0.5, 0.6) is 0 Å². The fourth-order valence-corrected chi connectivity index (χ4v) is 4.67. The summed E-state index contributed by atoms with van der Waals surface area (Å²) in [6.45, 7) is 10.1. The van der Waals surface area contributed by atoms with Crippen LogP contribution in [0.4, 0.5) is 0 Å². The van der Waals surface area contributed by atoms with E-state index in [4.69, 9.17) is 4.98 Å². The van der Waals surface area contributed by atoms with Crippen LogP contribution in [0.3, 0.4) is 0 Å². The summed E-state index contributed by atoms with van der Waals surface area (Å²) in [5.41, 5.74) is 5.43. The second-order valence-corrected chi connectivity index (χ2v) is 8.25. The predicted molar refractivity (Wildman–Crippen MR) is 118 cm³/mol. The predicted octanol–water partition coefficient (Wildman–Crippen LogP) is 5.95. The molecule has 0 saturated carbocycles. The van der Waals surface area contributed by atoms with Gasteiger partial charge in [0.1, 0.15) is 5.82 Å². The molecule has 0 radical (unpaired) electrons. The Labute approximate surface area is 169 Å². The Bertz CT molecular complexity index is 904. The number of benzene rings is 2. The van der Waals surface area contributed by atoms with E-state index in [-0.39, 0.29) is 0 Å². The van der Waals surface area contributed by atoms with Crippen LogP contribution in [0.15, 0.2) is 48.5 Å². The Morgan fingerprint density at radius 1 is 1.00 bits per heavy atom. The highest BCUT2D eigenvalue weighted by molar-refractivity contribution is 5.80. The van der Waals surface area contributed by atoms with Gasteiger partial charge in [0.05, 0.1) is 17.6 Å². The van der Waals surface area contributed by atoms with E-state index in [1.807, 2.05) is 0 Å². The lowest BCUT2D eigenvalue weighted by molar-refractivity contribution is 0.197. The van der Waals surface area contributed by atoms with E-state index in [0.29, 0.717) is 12.0 Å². The van der Waals surface area contributed by atoms with Crippen LogP contribution in [-0.2, 0) is 13.0 Å². The van der Waals surface area contributed by atoms with Crippen molar-refractivity contribution in [2.45, 2.75) is 65.0 Å². The SMILES string of the molecule is CCc1cccc2nc(CN3CCC(c4ccccc4)CC3)n([C@@H](C)CC)c12. The van der Waals surface area contributed by atoms with Gasteiger partial charge >= 0.3 is 0 Å². The van der Waals surface area contributed by atoms with Crippen molar-refractivity contribution in [2.75, 3.05) is 13.1 Å². The minimum absolute atomic E-state index is 0.481. The minimum Gasteiger partial charge on any atom is -0.324 e. The molecular weight excluding hydrogens is 342 g/mol. The zero-order valence-electron chi connectivity index (χ0n) is 17.6. The van der Waals surface area contributed by atoms with Gasteiger partial charge in [-0.2, -0.15) is 0 Å². The van der Waals surface area contributed by atoms with Crippen molar-refractivity contribution in [3.8, 4) is 0 Å². The molecule has 3 heteroatoms. The van der Waals surface area contributed by atoms with Gasteiger partial charge in [-0.3, -0.25) is 4.90 Å². The van der Waals surface area contributed by atoms with Gasteiger partial charge in [-0.1, -0.05) is 56.3 Å². The summed E-state index contributed by atoms with van der Waals surface area (Å²) in [7, 11) is 0. The van der Waals surface area contributed by atoms with Gasteiger partial charge in [-0.05, 0) is 68.8 Å². The largest absolute Gasteiger partial charge is 0.324 e. The van der Waals surface area contributed by atoms with Crippen LogP contribution in [0.25, 0.3) is 11.0 Å². The number of rotatable bonds is 6. The van der Waals surface area contributed by atoms with Crippen LogP contribution in [0.1, 0.15) is 68.9 Å². The highest BCUT2D eigenvalue weighted by Gasteiger charge is 2.23. The molecule has 0 spiro atoms. The summed E-state index contributed by atoms with van der Waals surface area (Å²) in [5.74, 6) is 1.95. The Hall–Kier alpha value is -2.13. The summed E-state index contributed by atoms with van der Waals surface area (Å²) in [4.78, 5) is 7.69. The van der Waals surface area contributed by atoms with E-state index in [1.165, 1.54) is 35.3 Å². The Balaban J connectivity index is 1.55. The standard InChI is InChI=1S/C25H33N3/c1-4-19(3)28-24(26-23-13-9-12-20(5-2)25(23)28)18-27-16-14-22(15-17-27)21-10-7-6-8-11-21/h6-13,19,22H,4-5,14-18H2,1-3H3/t19-/m0/s1. The van der Waals surface area contributed by atoms with E-state index in [0.717, 1.165) is 38.0 Å². The molecule has 1 aliphatic rings. The Morgan fingerprint density at radius 3 is 2.43 bits per heavy atom. The average Bonchev–Trinajstić information content (AvgIpc) is 3.12. The molecular formula is C25H33N3. The molecule has 0 unspecified atom stereocenters. The molecule has 28 heavy (non-hydrogen) atoms. The maximum absolute atomic E-state index is 5.08. The smallest absolute Gasteiger partial charge is 0.124 e. The van der Waals surface area contributed by atoms with Gasteiger partial charge in [-0.15, -0.1) is 0 Å². The first-order chi connectivity index (χ1) is 13.7. The van der Waals surface area contributed by atoms with Gasteiger partial charge in [-0.25, -0.2) is 4.98 Å². The number of fused-ring (bicyclic) bond motifs is 1. The number of likely N-dealkylation sites (tertiary alicyclic amines) is 1. The van der Waals surface area contributed by atoms with Crippen LogP contribution < -0.4 is 0 Å². The Morgan fingerprint density at radius 2 is 1.75 bits per heavy atom. The summed E-state index contributed by atoms with van der Waals surface area (Å²) in [6, 6.07) is 18.1. The third-order valence-electron chi connectivity index (χ3n) is 6.50. The summed E-state index contributed by atoms with van der Waals surface area (Å²) >= 11 is 0. The first-order valence-electron chi connectivity index (χ1n) is 11.0.